The number of carboxylic acid groups (broad SMARTS) is 2. The molecule has 6 heteroatoms. The molecule has 1 rings (SSSR count). The lowest BCUT2D eigenvalue weighted by molar-refractivity contribution is -0.144. The minimum Gasteiger partial charge on any atom is -0.481 e. The predicted octanol–water partition coefficient (Wildman–Crippen LogP) is 5.96. The second kappa shape index (κ2) is 16.7. The SMILES string of the molecule is CC(=C/C=C/C(C)=C/C=C/C=C(C)/C=C/C=C(C)/C=C/C(=O)N1CCC(C(=O)O)CC1)/C=C/C(=O)O. The second-order valence-corrected chi connectivity index (χ2v) is 8.69. The molecule has 0 unspecified atom stereocenters. The lowest BCUT2D eigenvalue weighted by atomic mass is 9.97. The summed E-state index contributed by atoms with van der Waals surface area (Å²) >= 11 is 0. The quantitative estimate of drug-likeness (QED) is 0.275. The molecule has 0 radical (unpaired) electrons. The van der Waals surface area contributed by atoms with Crippen molar-refractivity contribution in [3.8, 4) is 0 Å². The first-order valence-electron chi connectivity index (χ1n) is 11.9. The van der Waals surface area contributed by atoms with Crippen LogP contribution in [-0.2, 0) is 14.4 Å². The van der Waals surface area contributed by atoms with Crippen molar-refractivity contribution in [1.29, 1.82) is 0 Å². The highest BCUT2D eigenvalue weighted by Gasteiger charge is 2.25. The molecule has 0 aromatic rings. The van der Waals surface area contributed by atoms with Gasteiger partial charge in [-0.25, -0.2) is 4.79 Å². The van der Waals surface area contributed by atoms with E-state index in [2.05, 4.69) is 0 Å². The zero-order valence-electron chi connectivity index (χ0n) is 21.6. The molecular weight excluding hydrogens is 454 g/mol. The van der Waals surface area contributed by atoms with E-state index in [0.717, 1.165) is 28.4 Å². The molecule has 192 valence electrons. The summed E-state index contributed by atoms with van der Waals surface area (Å²) < 4.78 is 0. The van der Waals surface area contributed by atoms with Gasteiger partial charge in [0.15, 0.2) is 0 Å². The normalized spacial score (nSPS) is 17.5. The standard InChI is InChI=1S/C30H37NO5/c1-23(9-5-6-10-24(2)12-8-14-26(4)16-18-29(33)34)11-7-13-25(3)15-17-28(32)31-21-19-27(20-22-31)30(35)36/h5-18,27H,19-22H2,1-4H3,(H,33,34)(H,35,36)/b6-5+,11-7+,12-8+,17-15+,18-16+,23-9+,24-10+,25-13+,26-14-. The number of hydrogen-bond donors (Lipinski definition) is 2. The Labute approximate surface area is 214 Å². The van der Waals surface area contributed by atoms with E-state index in [1.54, 1.807) is 23.1 Å². The minimum atomic E-state index is -0.964. The molecule has 1 aliphatic rings. The van der Waals surface area contributed by atoms with Crippen LogP contribution < -0.4 is 0 Å². The zero-order chi connectivity index (χ0) is 26.9. The summed E-state index contributed by atoms with van der Waals surface area (Å²) in [7, 11) is 0. The molecule has 0 aromatic heterocycles. The maximum absolute atomic E-state index is 12.3. The van der Waals surface area contributed by atoms with E-state index in [1.807, 2.05) is 88.5 Å². The van der Waals surface area contributed by atoms with Gasteiger partial charge in [0.05, 0.1) is 5.92 Å². The van der Waals surface area contributed by atoms with Crippen molar-refractivity contribution in [2.24, 2.45) is 5.92 Å². The minimum absolute atomic E-state index is 0.0869. The third-order valence-electron chi connectivity index (χ3n) is 5.40. The Hall–Kier alpha value is -3.93. The van der Waals surface area contributed by atoms with Gasteiger partial charge in [0.25, 0.3) is 0 Å². The third-order valence-corrected chi connectivity index (χ3v) is 5.40. The average molecular weight is 492 g/mol. The van der Waals surface area contributed by atoms with Crippen LogP contribution in [-0.4, -0.2) is 46.0 Å². The molecule has 1 heterocycles. The summed E-state index contributed by atoms with van der Waals surface area (Å²) in [5.41, 5.74) is 3.93. The Bertz CT molecular complexity index is 1050. The van der Waals surface area contributed by atoms with Gasteiger partial charge < -0.3 is 15.1 Å². The Balaban J connectivity index is 2.52. The number of carbonyl (C=O) groups excluding carboxylic acids is 1. The Morgan fingerprint density at radius 2 is 1.03 bits per heavy atom. The first-order chi connectivity index (χ1) is 17.1. The number of likely N-dealkylation sites (tertiary alicyclic amines) is 1. The molecule has 1 fully saturated rings. The van der Waals surface area contributed by atoms with Crippen LogP contribution >= 0.6 is 0 Å². The molecule has 36 heavy (non-hydrogen) atoms. The molecule has 0 bridgehead atoms. The maximum atomic E-state index is 12.3. The summed E-state index contributed by atoms with van der Waals surface area (Å²) in [6.07, 6.45) is 26.4. The summed E-state index contributed by atoms with van der Waals surface area (Å²) in [4.78, 5) is 35.5. The molecule has 0 saturated carbocycles. The Kier molecular flexibility index (Phi) is 13.9. The van der Waals surface area contributed by atoms with E-state index in [9.17, 15) is 14.4 Å². The van der Waals surface area contributed by atoms with Gasteiger partial charge >= 0.3 is 11.9 Å². The predicted molar refractivity (Wildman–Crippen MR) is 145 cm³/mol. The van der Waals surface area contributed by atoms with Gasteiger partial charge in [-0.05, 0) is 40.5 Å². The van der Waals surface area contributed by atoms with Crippen molar-refractivity contribution >= 4 is 17.8 Å². The molecule has 1 aliphatic heterocycles. The molecule has 6 nitrogen and oxygen atoms in total. The summed E-state index contributed by atoms with van der Waals surface area (Å²) in [6, 6.07) is 0. The average Bonchev–Trinajstić information content (AvgIpc) is 2.84. The molecule has 0 aromatic carbocycles. The fraction of sp³-hybridized carbons (Fsp3) is 0.300. The summed E-state index contributed by atoms with van der Waals surface area (Å²) in [5.74, 6) is -2.18. The number of hydrogen-bond acceptors (Lipinski definition) is 3. The lowest BCUT2D eigenvalue weighted by Crippen LogP contribution is -2.39. The number of piperidine rings is 1. The number of rotatable bonds is 11. The van der Waals surface area contributed by atoms with Gasteiger partial charge in [0.2, 0.25) is 5.91 Å². The van der Waals surface area contributed by atoms with Crippen molar-refractivity contribution in [3.05, 3.63) is 107 Å². The van der Waals surface area contributed by atoms with E-state index in [4.69, 9.17) is 10.2 Å². The second-order valence-electron chi connectivity index (χ2n) is 8.69. The van der Waals surface area contributed by atoms with Crippen LogP contribution in [0, 0.1) is 5.92 Å². The molecule has 0 aliphatic carbocycles. The number of nitrogens with zero attached hydrogens (tertiary/aromatic N) is 1. The van der Waals surface area contributed by atoms with Gasteiger partial charge in [-0.15, -0.1) is 0 Å². The van der Waals surface area contributed by atoms with Crippen LogP contribution in [0.2, 0.25) is 0 Å². The van der Waals surface area contributed by atoms with Crippen LogP contribution in [0.1, 0.15) is 40.5 Å². The van der Waals surface area contributed by atoms with Crippen LogP contribution in [0.15, 0.2) is 107 Å². The number of amides is 1. The van der Waals surface area contributed by atoms with Crippen molar-refractivity contribution in [2.45, 2.75) is 40.5 Å². The van der Waals surface area contributed by atoms with Crippen molar-refractivity contribution in [1.82, 2.24) is 4.90 Å². The first kappa shape index (κ1) is 30.1. The van der Waals surface area contributed by atoms with Gasteiger partial charge in [0, 0.05) is 25.2 Å². The Morgan fingerprint density at radius 3 is 1.47 bits per heavy atom. The molecule has 1 amide bonds. The van der Waals surface area contributed by atoms with Crippen LogP contribution in [0.25, 0.3) is 0 Å². The molecular formula is C30H37NO5. The largest absolute Gasteiger partial charge is 0.481 e. The van der Waals surface area contributed by atoms with Gasteiger partial charge in [-0.2, -0.15) is 0 Å². The highest BCUT2D eigenvalue weighted by Crippen LogP contribution is 2.17. The van der Waals surface area contributed by atoms with Crippen LogP contribution in [0.4, 0.5) is 0 Å². The fourth-order valence-electron chi connectivity index (χ4n) is 3.20. The summed E-state index contributed by atoms with van der Waals surface area (Å²) in [5, 5.41) is 17.7. The molecule has 1 saturated heterocycles. The first-order valence-corrected chi connectivity index (χ1v) is 11.9. The van der Waals surface area contributed by atoms with E-state index in [-0.39, 0.29) is 11.8 Å². The van der Waals surface area contributed by atoms with E-state index < -0.39 is 11.9 Å². The van der Waals surface area contributed by atoms with E-state index in [1.165, 1.54) is 0 Å². The van der Waals surface area contributed by atoms with Crippen molar-refractivity contribution in [2.75, 3.05) is 13.1 Å². The van der Waals surface area contributed by atoms with Crippen molar-refractivity contribution < 1.29 is 24.6 Å². The fourth-order valence-corrected chi connectivity index (χ4v) is 3.20. The highest BCUT2D eigenvalue weighted by molar-refractivity contribution is 5.88. The van der Waals surface area contributed by atoms with Crippen LogP contribution in [0.5, 0.6) is 0 Å². The third kappa shape index (κ3) is 13.7. The van der Waals surface area contributed by atoms with Crippen molar-refractivity contribution in [3.63, 3.8) is 0 Å². The topological polar surface area (TPSA) is 94.9 Å². The van der Waals surface area contributed by atoms with Gasteiger partial charge in [-0.1, -0.05) is 95.2 Å². The number of carboxylic acids is 2. The highest BCUT2D eigenvalue weighted by atomic mass is 16.4. The molecule has 0 atom stereocenters. The number of allylic oxidation sites excluding steroid dienone is 16. The Morgan fingerprint density at radius 1 is 0.611 bits per heavy atom. The zero-order valence-corrected chi connectivity index (χ0v) is 21.6. The van der Waals surface area contributed by atoms with Gasteiger partial charge in [0.1, 0.15) is 0 Å². The molecule has 0 spiro atoms. The van der Waals surface area contributed by atoms with E-state index in [0.29, 0.717) is 25.9 Å². The lowest BCUT2D eigenvalue weighted by Gasteiger charge is -2.29. The van der Waals surface area contributed by atoms with E-state index >= 15 is 0 Å². The number of carbonyl (C=O) groups is 3. The van der Waals surface area contributed by atoms with Crippen LogP contribution in [0.3, 0.4) is 0 Å². The van der Waals surface area contributed by atoms with Gasteiger partial charge in [-0.3, -0.25) is 9.59 Å². The summed E-state index contributed by atoms with van der Waals surface area (Å²) in [6.45, 7) is 8.70. The smallest absolute Gasteiger partial charge is 0.328 e. The maximum Gasteiger partial charge on any atom is 0.328 e. The monoisotopic (exact) mass is 491 g/mol. The molecule has 2 N–H and O–H groups in total. The number of aliphatic carboxylic acids is 2.